The Bertz CT molecular complexity index is 966. The van der Waals surface area contributed by atoms with Gasteiger partial charge in [-0.05, 0) is 48.0 Å². The number of nitrogens with zero attached hydrogens (tertiary/aromatic N) is 2. The van der Waals surface area contributed by atoms with Gasteiger partial charge in [0.15, 0.2) is 9.84 Å². The molecule has 0 atom stereocenters. The average Bonchev–Trinajstić information content (AvgIpc) is 3.14. The molecule has 1 aromatic carbocycles. The molecule has 0 saturated heterocycles. The van der Waals surface area contributed by atoms with Crippen LogP contribution in [0, 0.1) is 0 Å². The summed E-state index contributed by atoms with van der Waals surface area (Å²) < 4.78 is 28.5. The number of amides is 1. The molecule has 6 nitrogen and oxygen atoms in total. The molecular weight excluding hydrogens is 352 g/mol. The van der Waals surface area contributed by atoms with Crippen molar-refractivity contribution in [1.29, 1.82) is 0 Å². The summed E-state index contributed by atoms with van der Waals surface area (Å²) >= 11 is 0. The molecule has 134 valence electrons. The molecule has 3 aromatic rings. The number of carbonyl (C=O) groups excluding carboxylic acids is 1. The summed E-state index contributed by atoms with van der Waals surface area (Å²) in [4.78, 5) is 18.8. The molecule has 0 N–H and O–H groups in total. The van der Waals surface area contributed by atoms with Crippen molar-refractivity contribution in [2.24, 2.45) is 0 Å². The van der Waals surface area contributed by atoms with Gasteiger partial charge in [-0.25, -0.2) is 8.42 Å². The van der Waals surface area contributed by atoms with E-state index in [2.05, 4.69) is 4.98 Å². The van der Waals surface area contributed by atoms with Gasteiger partial charge in [0, 0.05) is 30.8 Å². The second kappa shape index (κ2) is 7.53. The molecule has 0 unspecified atom stereocenters. The number of pyridine rings is 1. The largest absolute Gasteiger partial charge is 0.467 e. The van der Waals surface area contributed by atoms with E-state index in [0.717, 1.165) is 11.8 Å². The van der Waals surface area contributed by atoms with Crippen LogP contribution < -0.4 is 0 Å². The normalized spacial score (nSPS) is 11.3. The molecule has 0 aliphatic heterocycles. The fraction of sp³-hybridized carbons (Fsp3) is 0.158. The Morgan fingerprint density at radius 2 is 1.85 bits per heavy atom. The zero-order valence-electron chi connectivity index (χ0n) is 14.2. The van der Waals surface area contributed by atoms with E-state index >= 15 is 0 Å². The molecule has 0 radical (unpaired) electrons. The van der Waals surface area contributed by atoms with E-state index < -0.39 is 9.84 Å². The molecule has 0 aliphatic rings. The van der Waals surface area contributed by atoms with E-state index in [4.69, 9.17) is 4.42 Å². The van der Waals surface area contributed by atoms with E-state index in [1.165, 1.54) is 24.3 Å². The maximum Gasteiger partial charge on any atom is 0.254 e. The fourth-order valence-corrected chi connectivity index (χ4v) is 3.16. The third-order valence-electron chi connectivity index (χ3n) is 3.84. The summed E-state index contributed by atoms with van der Waals surface area (Å²) in [5.41, 5.74) is 1.30. The number of sulfone groups is 1. The Kier molecular flexibility index (Phi) is 5.18. The molecule has 0 fully saturated rings. The van der Waals surface area contributed by atoms with Crippen LogP contribution in [-0.4, -0.2) is 30.5 Å². The standard InChI is InChI=1S/C19H18N2O4S/c1-26(23,24)18-8-6-16(7-9-18)19(22)21(14-17-5-3-11-25-17)13-15-4-2-10-20-12-15/h2-12H,13-14H2,1H3. The van der Waals surface area contributed by atoms with E-state index in [9.17, 15) is 13.2 Å². The molecule has 0 aliphatic carbocycles. The van der Waals surface area contributed by atoms with E-state index in [0.29, 0.717) is 24.4 Å². The first kappa shape index (κ1) is 17.9. The molecule has 2 aromatic heterocycles. The maximum atomic E-state index is 13.0. The second-order valence-electron chi connectivity index (χ2n) is 5.90. The molecule has 26 heavy (non-hydrogen) atoms. The summed E-state index contributed by atoms with van der Waals surface area (Å²) in [5, 5.41) is 0. The van der Waals surface area contributed by atoms with Crippen LogP contribution in [0.2, 0.25) is 0 Å². The molecule has 7 heteroatoms. The van der Waals surface area contributed by atoms with Crippen LogP contribution in [0.3, 0.4) is 0 Å². The van der Waals surface area contributed by atoms with Crippen molar-refractivity contribution in [3.05, 3.63) is 84.1 Å². The Hall–Kier alpha value is -2.93. The molecule has 2 heterocycles. The minimum atomic E-state index is -3.30. The third-order valence-corrected chi connectivity index (χ3v) is 4.97. The first-order chi connectivity index (χ1) is 12.4. The van der Waals surface area contributed by atoms with Gasteiger partial charge in [-0.2, -0.15) is 0 Å². The minimum absolute atomic E-state index is 0.180. The summed E-state index contributed by atoms with van der Waals surface area (Å²) in [6, 6.07) is 13.2. The Labute approximate surface area is 152 Å². The Balaban J connectivity index is 1.86. The lowest BCUT2D eigenvalue weighted by molar-refractivity contribution is 0.0717. The van der Waals surface area contributed by atoms with Crippen molar-refractivity contribution < 1.29 is 17.6 Å². The zero-order chi connectivity index (χ0) is 18.6. The second-order valence-corrected chi connectivity index (χ2v) is 7.91. The molecule has 0 spiro atoms. The first-order valence-corrected chi connectivity index (χ1v) is 9.83. The van der Waals surface area contributed by atoms with Gasteiger partial charge in [-0.3, -0.25) is 9.78 Å². The van der Waals surface area contributed by atoms with E-state index in [1.54, 1.807) is 35.7 Å². The number of hydrogen-bond acceptors (Lipinski definition) is 5. The van der Waals surface area contributed by atoms with Crippen LogP contribution >= 0.6 is 0 Å². The smallest absolute Gasteiger partial charge is 0.254 e. The van der Waals surface area contributed by atoms with Crippen LogP contribution in [-0.2, 0) is 22.9 Å². The average molecular weight is 370 g/mol. The van der Waals surface area contributed by atoms with Crippen molar-refractivity contribution in [1.82, 2.24) is 9.88 Å². The number of benzene rings is 1. The van der Waals surface area contributed by atoms with Gasteiger partial charge in [-0.1, -0.05) is 6.07 Å². The van der Waals surface area contributed by atoms with Crippen molar-refractivity contribution in [3.63, 3.8) is 0 Å². The number of hydrogen-bond donors (Lipinski definition) is 0. The summed E-state index contributed by atoms with van der Waals surface area (Å²) in [6.45, 7) is 0.662. The van der Waals surface area contributed by atoms with Crippen molar-refractivity contribution >= 4 is 15.7 Å². The maximum absolute atomic E-state index is 13.0. The molecule has 1 amide bonds. The SMILES string of the molecule is CS(=O)(=O)c1ccc(C(=O)N(Cc2cccnc2)Cc2ccco2)cc1. The van der Waals surface area contributed by atoms with E-state index in [-0.39, 0.29) is 10.8 Å². The summed E-state index contributed by atoms with van der Waals surface area (Å²) in [6.07, 6.45) is 6.07. The van der Waals surface area contributed by atoms with Gasteiger partial charge < -0.3 is 9.32 Å². The lowest BCUT2D eigenvalue weighted by Crippen LogP contribution is -2.30. The minimum Gasteiger partial charge on any atom is -0.467 e. The van der Waals surface area contributed by atoms with Gasteiger partial charge in [0.25, 0.3) is 5.91 Å². The summed E-state index contributed by atoms with van der Waals surface area (Å²) in [5.74, 6) is 0.445. The monoisotopic (exact) mass is 370 g/mol. The Morgan fingerprint density at radius 1 is 1.08 bits per heavy atom. The number of aromatic nitrogens is 1. The van der Waals surface area contributed by atoms with Gasteiger partial charge in [0.05, 0.1) is 17.7 Å². The van der Waals surface area contributed by atoms with Crippen LogP contribution in [0.4, 0.5) is 0 Å². The Morgan fingerprint density at radius 3 is 2.42 bits per heavy atom. The summed E-state index contributed by atoms with van der Waals surface area (Å²) in [7, 11) is -3.30. The molecule has 3 rings (SSSR count). The van der Waals surface area contributed by atoms with Crippen LogP contribution in [0.25, 0.3) is 0 Å². The van der Waals surface area contributed by atoms with Gasteiger partial charge >= 0.3 is 0 Å². The predicted molar refractivity (Wildman–Crippen MR) is 96.1 cm³/mol. The topological polar surface area (TPSA) is 80.5 Å². The highest BCUT2D eigenvalue weighted by atomic mass is 32.2. The highest BCUT2D eigenvalue weighted by Crippen LogP contribution is 2.16. The quantitative estimate of drug-likeness (QED) is 0.666. The van der Waals surface area contributed by atoms with Crippen LogP contribution in [0.5, 0.6) is 0 Å². The number of rotatable bonds is 6. The van der Waals surface area contributed by atoms with Crippen molar-refractivity contribution in [2.75, 3.05) is 6.26 Å². The lowest BCUT2D eigenvalue weighted by atomic mass is 10.1. The van der Waals surface area contributed by atoms with Gasteiger partial charge in [-0.15, -0.1) is 0 Å². The van der Waals surface area contributed by atoms with Crippen LogP contribution in [0.1, 0.15) is 21.7 Å². The van der Waals surface area contributed by atoms with Crippen LogP contribution in [0.15, 0.2) is 76.5 Å². The van der Waals surface area contributed by atoms with E-state index in [1.807, 2.05) is 12.1 Å². The first-order valence-electron chi connectivity index (χ1n) is 7.94. The number of carbonyl (C=O) groups is 1. The van der Waals surface area contributed by atoms with Gasteiger partial charge in [0.1, 0.15) is 5.76 Å². The number of furan rings is 1. The zero-order valence-corrected chi connectivity index (χ0v) is 15.0. The molecular formula is C19H18N2O4S. The van der Waals surface area contributed by atoms with Gasteiger partial charge in [0.2, 0.25) is 0 Å². The molecule has 0 saturated carbocycles. The highest BCUT2D eigenvalue weighted by Gasteiger charge is 2.19. The highest BCUT2D eigenvalue weighted by molar-refractivity contribution is 7.90. The molecule has 0 bridgehead atoms. The fourth-order valence-electron chi connectivity index (χ4n) is 2.53. The third kappa shape index (κ3) is 4.37. The predicted octanol–water partition coefficient (Wildman–Crippen LogP) is 2.92. The van der Waals surface area contributed by atoms with Crippen molar-refractivity contribution in [3.8, 4) is 0 Å². The lowest BCUT2D eigenvalue weighted by Gasteiger charge is -2.22. The van der Waals surface area contributed by atoms with Crippen molar-refractivity contribution in [2.45, 2.75) is 18.0 Å².